The molecule has 2 aromatic heterocycles. The SMILES string of the molecule is O=C(Nc1cccs1)N1CCN(c2ccc(N3CCCCCC3)nn2)CC1. The molecule has 2 aliphatic rings. The van der Waals surface area contributed by atoms with Crippen LogP contribution in [0.25, 0.3) is 0 Å². The minimum absolute atomic E-state index is 0.0281. The van der Waals surface area contributed by atoms with E-state index in [-0.39, 0.29) is 6.03 Å². The number of thiophene rings is 1. The zero-order chi connectivity index (χ0) is 18.5. The Balaban J connectivity index is 1.30. The van der Waals surface area contributed by atoms with Gasteiger partial charge in [0.2, 0.25) is 0 Å². The molecular weight excluding hydrogens is 360 g/mol. The Morgan fingerprint density at radius 3 is 2.04 bits per heavy atom. The van der Waals surface area contributed by atoms with E-state index < -0.39 is 0 Å². The number of urea groups is 1. The molecule has 2 saturated heterocycles. The lowest BCUT2D eigenvalue weighted by molar-refractivity contribution is 0.208. The van der Waals surface area contributed by atoms with Gasteiger partial charge in [-0.1, -0.05) is 12.8 Å². The van der Waals surface area contributed by atoms with Crippen molar-refractivity contribution in [1.82, 2.24) is 15.1 Å². The summed E-state index contributed by atoms with van der Waals surface area (Å²) in [6.45, 7) is 5.07. The first-order chi connectivity index (χ1) is 13.3. The molecule has 0 spiro atoms. The summed E-state index contributed by atoms with van der Waals surface area (Å²) in [5, 5.41) is 14.7. The zero-order valence-electron chi connectivity index (χ0n) is 15.5. The molecule has 2 aromatic rings. The van der Waals surface area contributed by atoms with E-state index in [0.29, 0.717) is 13.1 Å². The highest BCUT2D eigenvalue weighted by atomic mass is 32.1. The van der Waals surface area contributed by atoms with E-state index in [1.54, 1.807) is 0 Å². The largest absolute Gasteiger partial charge is 0.355 e. The van der Waals surface area contributed by atoms with Gasteiger partial charge in [0.25, 0.3) is 0 Å². The van der Waals surface area contributed by atoms with Gasteiger partial charge in [-0.25, -0.2) is 4.79 Å². The molecule has 2 fully saturated rings. The third-order valence-electron chi connectivity index (χ3n) is 5.21. The molecule has 4 heterocycles. The van der Waals surface area contributed by atoms with Gasteiger partial charge in [-0.2, -0.15) is 0 Å². The lowest BCUT2D eigenvalue weighted by Crippen LogP contribution is -2.50. The highest BCUT2D eigenvalue weighted by Crippen LogP contribution is 2.20. The van der Waals surface area contributed by atoms with Gasteiger partial charge in [0.05, 0.1) is 5.00 Å². The lowest BCUT2D eigenvalue weighted by atomic mass is 10.2. The molecule has 0 radical (unpaired) electrons. The van der Waals surface area contributed by atoms with Crippen molar-refractivity contribution in [1.29, 1.82) is 0 Å². The van der Waals surface area contributed by atoms with Crippen LogP contribution in [0, 0.1) is 0 Å². The smallest absolute Gasteiger partial charge is 0.322 e. The van der Waals surface area contributed by atoms with Crippen LogP contribution in [-0.4, -0.2) is 60.4 Å². The molecule has 0 aliphatic carbocycles. The van der Waals surface area contributed by atoms with E-state index in [9.17, 15) is 4.79 Å². The monoisotopic (exact) mass is 386 g/mol. The lowest BCUT2D eigenvalue weighted by Gasteiger charge is -2.35. The van der Waals surface area contributed by atoms with E-state index in [1.165, 1.54) is 37.0 Å². The van der Waals surface area contributed by atoms with Gasteiger partial charge < -0.3 is 14.7 Å². The zero-order valence-corrected chi connectivity index (χ0v) is 16.3. The number of rotatable bonds is 3. The molecule has 0 bridgehead atoms. The molecule has 27 heavy (non-hydrogen) atoms. The minimum atomic E-state index is -0.0281. The van der Waals surface area contributed by atoms with Gasteiger partial charge in [0.1, 0.15) is 0 Å². The van der Waals surface area contributed by atoms with Crippen LogP contribution in [0.1, 0.15) is 25.7 Å². The van der Waals surface area contributed by atoms with Crippen molar-refractivity contribution >= 4 is 34.0 Å². The first-order valence-electron chi connectivity index (χ1n) is 9.73. The van der Waals surface area contributed by atoms with Crippen LogP contribution in [0.2, 0.25) is 0 Å². The van der Waals surface area contributed by atoms with Gasteiger partial charge in [0.15, 0.2) is 11.6 Å². The Bertz CT molecular complexity index is 719. The fraction of sp³-hybridized carbons (Fsp3) is 0.526. The molecule has 8 heteroatoms. The molecule has 2 amide bonds. The third-order valence-corrected chi connectivity index (χ3v) is 5.99. The van der Waals surface area contributed by atoms with Gasteiger partial charge in [0, 0.05) is 39.3 Å². The maximum atomic E-state index is 12.3. The number of nitrogens with zero attached hydrogens (tertiary/aromatic N) is 5. The average Bonchev–Trinajstić information content (AvgIpc) is 3.07. The third kappa shape index (κ3) is 4.50. The first-order valence-corrected chi connectivity index (χ1v) is 10.6. The molecule has 144 valence electrons. The average molecular weight is 387 g/mol. The van der Waals surface area contributed by atoms with Crippen LogP contribution in [0.4, 0.5) is 21.4 Å². The predicted octanol–water partition coefficient (Wildman–Crippen LogP) is 3.27. The number of nitrogens with one attached hydrogen (secondary N) is 1. The summed E-state index contributed by atoms with van der Waals surface area (Å²) in [6.07, 6.45) is 5.09. The Hall–Kier alpha value is -2.35. The van der Waals surface area contributed by atoms with Crippen molar-refractivity contribution in [3.05, 3.63) is 29.6 Å². The molecular formula is C19H26N6OS. The fourth-order valence-corrected chi connectivity index (χ4v) is 4.24. The summed E-state index contributed by atoms with van der Waals surface area (Å²) in [5.41, 5.74) is 0. The van der Waals surface area contributed by atoms with Crippen LogP contribution in [0.15, 0.2) is 29.6 Å². The summed E-state index contributed by atoms with van der Waals surface area (Å²) in [7, 11) is 0. The summed E-state index contributed by atoms with van der Waals surface area (Å²) < 4.78 is 0. The van der Waals surface area contributed by atoms with Crippen molar-refractivity contribution in [2.24, 2.45) is 0 Å². The number of carbonyl (C=O) groups excluding carboxylic acids is 1. The summed E-state index contributed by atoms with van der Waals surface area (Å²) in [5.74, 6) is 1.88. The van der Waals surface area contributed by atoms with Crippen molar-refractivity contribution in [3.8, 4) is 0 Å². The topological polar surface area (TPSA) is 64.6 Å². The van der Waals surface area contributed by atoms with E-state index in [2.05, 4.69) is 37.4 Å². The Labute approximate surface area is 164 Å². The molecule has 2 aliphatic heterocycles. The molecule has 0 aromatic carbocycles. The van der Waals surface area contributed by atoms with E-state index in [4.69, 9.17) is 0 Å². The van der Waals surface area contributed by atoms with Gasteiger partial charge in [-0.05, 0) is 42.5 Å². The molecule has 0 saturated carbocycles. The van der Waals surface area contributed by atoms with Crippen molar-refractivity contribution in [3.63, 3.8) is 0 Å². The van der Waals surface area contributed by atoms with Gasteiger partial charge >= 0.3 is 6.03 Å². The van der Waals surface area contributed by atoms with Crippen LogP contribution in [0.3, 0.4) is 0 Å². The highest BCUT2D eigenvalue weighted by Gasteiger charge is 2.22. The van der Waals surface area contributed by atoms with Crippen LogP contribution < -0.4 is 15.1 Å². The van der Waals surface area contributed by atoms with E-state index >= 15 is 0 Å². The van der Waals surface area contributed by atoms with Crippen LogP contribution in [0.5, 0.6) is 0 Å². The predicted molar refractivity (Wildman–Crippen MR) is 110 cm³/mol. The number of hydrogen-bond donors (Lipinski definition) is 1. The number of aromatic nitrogens is 2. The maximum absolute atomic E-state index is 12.3. The fourth-order valence-electron chi connectivity index (χ4n) is 3.63. The second-order valence-electron chi connectivity index (χ2n) is 7.03. The van der Waals surface area contributed by atoms with Crippen molar-refractivity contribution < 1.29 is 4.79 Å². The summed E-state index contributed by atoms with van der Waals surface area (Å²) in [6, 6.07) is 7.98. The van der Waals surface area contributed by atoms with Crippen LogP contribution >= 0.6 is 11.3 Å². The van der Waals surface area contributed by atoms with Gasteiger partial charge in [-0.3, -0.25) is 5.32 Å². The number of amides is 2. The number of piperazine rings is 1. The molecule has 0 atom stereocenters. The molecule has 7 nitrogen and oxygen atoms in total. The summed E-state index contributed by atoms with van der Waals surface area (Å²) in [4.78, 5) is 18.7. The summed E-state index contributed by atoms with van der Waals surface area (Å²) >= 11 is 1.54. The van der Waals surface area contributed by atoms with Crippen molar-refractivity contribution in [2.45, 2.75) is 25.7 Å². The number of carbonyl (C=O) groups is 1. The normalized spacial score (nSPS) is 18.3. The minimum Gasteiger partial charge on any atom is -0.355 e. The standard InChI is InChI=1S/C19H26N6OS/c26-19(20-18-6-5-15-27-18)25-13-11-24(12-14-25)17-8-7-16(21-22-17)23-9-3-1-2-4-10-23/h5-8,15H,1-4,9-14H2,(H,20,26). The Morgan fingerprint density at radius 2 is 1.48 bits per heavy atom. The van der Waals surface area contributed by atoms with E-state index in [1.807, 2.05) is 22.4 Å². The van der Waals surface area contributed by atoms with Crippen LogP contribution in [-0.2, 0) is 0 Å². The molecule has 1 N–H and O–H groups in total. The highest BCUT2D eigenvalue weighted by molar-refractivity contribution is 7.14. The molecule has 0 unspecified atom stereocenters. The van der Waals surface area contributed by atoms with Gasteiger partial charge in [-0.15, -0.1) is 21.5 Å². The quantitative estimate of drug-likeness (QED) is 0.877. The number of anilines is 3. The van der Waals surface area contributed by atoms with E-state index in [0.717, 1.165) is 42.8 Å². The molecule has 4 rings (SSSR count). The Morgan fingerprint density at radius 1 is 0.852 bits per heavy atom. The number of hydrogen-bond acceptors (Lipinski definition) is 6. The second kappa shape index (κ2) is 8.56. The second-order valence-corrected chi connectivity index (χ2v) is 7.98. The van der Waals surface area contributed by atoms with Crippen molar-refractivity contribution in [2.75, 3.05) is 54.4 Å². The first kappa shape index (κ1) is 18.0. The maximum Gasteiger partial charge on any atom is 0.322 e. The Kier molecular flexibility index (Phi) is 5.72.